The Hall–Kier alpha value is 0.360. The van der Waals surface area contributed by atoms with Crippen molar-refractivity contribution in [3.05, 3.63) is 0 Å². The highest BCUT2D eigenvalue weighted by atomic mass is 127. The lowest BCUT2D eigenvalue weighted by molar-refractivity contribution is -0.121. The first-order chi connectivity index (χ1) is 4.24. The van der Waals surface area contributed by atoms with E-state index in [1.165, 1.54) is 0 Å². The van der Waals surface area contributed by atoms with E-state index in [0.717, 1.165) is 4.43 Å². The Kier molecular flexibility index (Phi) is 2.46. The zero-order chi connectivity index (χ0) is 6.85. The van der Waals surface area contributed by atoms with Crippen LogP contribution in [0.3, 0.4) is 0 Å². The average Bonchev–Trinajstić information content (AvgIpc) is 2.13. The van der Waals surface area contributed by atoms with Crippen molar-refractivity contribution in [2.45, 2.75) is 25.6 Å². The lowest BCUT2D eigenvalue weighted by atomic mass is 10.2. The molecule has 0 spiro atoms. The number of Topliss-reactive ketones (excluding diaryl/α,β-unsaturated/α-hetero) is 1. The van der Waals surface area contributed by atoms with E-state index in [0.29, 0.717) is 6.42 Å². The van der Waals surface area contributed by atoms with Crippen LogP contribution in [-0.2, 0) is 9.53 Å². The van der Waals surface area contributed by atoms with E-state index in [-0.39, 0.29) is 18.0 Å². The van der Waals surface area contributed by atoms with Crippen molar-refractivity contribution in [2.75, 3.05) is 4.43 Å². The summed E-state index contributed by atoms with van der Waals surface area (Å²) in [6.07, 6.45) is 0.655. The maximum Gasteiger partial charge on any atom is 0.163 e. The van der Waals surface area contributed by atoms with E-state index < -0.39 is 0 Å². The molecule has 0 saturated carbocycles. The second kappa shape index (κ2) is 2.96. The molecular weight excluding hydrogens is 231 g/mol. The quantitative estimate of drug-likeness (QED) is 0.508. The molecule has 1 aliphatic heterocycles. The third-order valence-electron chi connectivity index (χ3n) is 1.45. The fraction of sp³-hybridized carbons (Fsp3) is 0.833. The molecule has 0 aromatic carbocycles. The van der Waals surface area contributed by atoms with Crippen molar-refractivity contribution < 1.29 is 9.53 Å². The largest absolute Gasteiger partial charge is 0.366 e. The van der Waals surface area contributed by atoms with Crippen LogP contribution in [-0.4, -0.2) is 22.4 Å². The first kappa shape index (κ1) is 7.47. The van der Waals surface area contributed by atoms with Gasteiger partial charge in [-0.05, 0) is 6.92 Å². The predicted molar refractivity (Wildman–Crippen MR) is 42.8 cm³/mol. The molecule has 0 aromatic heterocycles. The van der Waals surface area contributed by atoms with Crippen LogP contribution in [0.4, 0.5) is 0 Å². The molecule has 0 aliphatic carbocycles. The van der Waals surface area contributed by atoms with Crippen molar-refractivity contribution in [1.29, 1.82) is 0 Å². The molecule has 0 N–H and O–H groups in total. The number of halogens is 1. The number of ketones is 1. The fourth-order valence-corrected chi connectivity index (χ4v) is 1.41. The minimum absolute atomic E-state index is 0.148. The van der Waals surface area contributed by atoms with E-state index in [9.17, 15) is 4.79 Å². The van der Waals surface area contributed by atoms with Crippen LogP contribution >= 0.6 is 22.6 Å². The van der Waals surface area contributed by atoms with Crippen LogP contribution in [0.1, 0.15) is 13.3 Å². The molecule has 0 bridgehead atoms. The maximum atomic E-state index is 10.8. The van der Waals surface area contributed by atoms with Crippen LogP contribution in [0, 0.1) is 0 Å². The zero-order valence-electron chi connectivity index (χ0n) is 5.26. The summed E-state index contributed by atoms with van der Waals surface area (Å²) in [5, 5.41) is 0. The topological polar surface area (TPSA) is 26.3 Å². The van der Waals surface area contributed by atoms with E-state index >= 15 is 0 Å². The Morgan fingerprint density at radius 3 is 2.78 bits per heavy atom. The first-order valence-electron chi connectivity index (χ1n) is 2.98. The number of carbonyl (C=O) groups excluding carboxylic acids is 1. The number of ether oxygens (including phenoxy) is 1. The Morgan fingerprint density at radius 2 is 2.56 bits per heavy atom. The number of alkyl halides is 1. The van der Waals surface area contributed by atoms with Gasteiger partial charge in [0.15, 0.2) is 5.78 Å². The molecule has 9 heavy (non-hydrogen) atoms. The SMILES string of the molecule is C[C@H]1O[C@H](CI)CC1=O. The standard InChI is InChI=1S/C6H9IO2/c1-4-6(8)2-5(3-7)9-4/h4-5H,2-3H2,1H3/t4-,5+/m1/s1. The van der Waals surface area contributed by atoms with Gasteiger partial charge in [0.1, 0.15) is 6.10 Å². The van der Waals surface area contributed by atoms with Gasteiger partial charge in [-0.15, -0.1) is 0 Å². The van der Waals surface area contributed by atoms with Crippen molar-refractivity contribution >= 4 is 28.4 Å². The smallest absolute Gasteiger partial charge is 0.163 e. The van der Waals surface area contributed by atoms with Gasteiger partial charge >= 0.3 is 0 Å². The van der Waals surface area contributed by atoms with Gasteiger partial charge in [-0.25, -0.2) is 0 Å². The van der Waals surface area contributed by atoms with Crippen LogP contribution in [0.15, 0.2) is 0 Å². The summed E-state index contributed by atoms with van der Waals surface area (Å²) in [6, 6.07) is 0. The molecule has 1 aliphatic rings. The Bertz CT molecular complexity index is 124. The van der Waals surface area contributed by atoms with E-state index in [2.05, 4.69) is 22.6 Å². The van der Waals surface area contributed by atoms with E-state index in [4.69, 9.17) is 4.74 Å². The van der Waals surface area contributed by atoms with E-state index in [1.807, 2.05) is 6.92 Å². The van der Waals surface area contributed by atoms with Crippen LogP contribution < -0.4 is 0 Å². The number of rotatable bonds is 1. The monoisotopic (exact) mass is 240 g/mol. The lowest BCUT2D eigenvalue weighted by Crippen LogP contribution is -2.10. The van der Waals surface area contributed by atoms with Gasteiger partial charge in [0.2, 0.25) is 0 Å². The van der Waals surface area contributed by atoms with Gasteiger partial charge in [0, 0.05) is 10.8 Å². The Labute approximate surface area is 68.1 Å². The fourth-order valence-electron chi connectivity index (χ4n) is 0.894. The van der Waals surface area contributed by atoms with Crippen LogP contribution in [0.5, 0.6) is 0 Å². The summed E-state index contributed by atoms with van der Waals surface area (Å²) < 4.78 is 6.19. The minimum atomic E-state index is -0.148. The van der Waals surface area contributed by atoms with Gasteiger partial charge in [-0.1, -0.05) is 22.6 Å². The summed E-state index contributed by atoms with van der Waals surface area (Å²) in [7, 11) is 0. The number of hydrogen-bond donors (Lipinski definition) is 0. The molecule has 1 rings (SSSR count). The summed E-state index contributed by atoms with van der Waals surface area (Å²) in [6.45, 7) is 1.81. The molecule has 2 atom stereocenters. The van der Waals surface area contributed by atoms with Crippen molar-refractivity contribution in [1.82, 2.24) is 0 Å². The zero-order valence-corrected chi connectivity index (χ0v) is 7.42. The molecule has 1 saturated heterocycles. The molecular formula is C6H9IO2. The molecule has 1 fully saturated rings. The molecule has 0 radical (unpaired) electrons. The molecule has 0 amide bonds. The highest BCUT2D eigenvalue weighted by Gasteiger charge is 2.28. The predicted octanol–water partition coefficient (Wildman–Crippen LogP) is 1.17. The van der Waals surface area contributed by atoms with Crippen molar-refractivity contribution in [3.63, 3.8) is 0 Å². The van der Waals surface area contributed by atoms with Gasteiger partial charge in [0.05, 0.1) is 6.10 Å². The lowest BCUT2D eigenvalue weighted by Gasteiger charge is -2.03. The molecule has 3 heteroatoms. The number of hydrogen-bond acceptors (Lipinski definition) is 2. The maximum absolute atomic E-state index is 10.8. The van der Waals surface area contributed by atoms with Crippen LogP contribution in [0.2, 0.25) is 0 Å². The first-order valence-corrected chi connectivity index (χ1v) is 4.50. The second-order valence-corrected chi connectivity index (χ2v) is 3.11. The van der Waals surface area contributed by atoms with Crippen LogP contribution in [0.25, 0.3) is 0 Å². The molecule has 0 unspecified atom stereocenters. The summed E-state index contributed by atoms with van der Waals surface area (Å²) in [5.41, 5.74) is 0. The summed E-state index contributed by atoms with van der Waals surface area (Å²) in [4.78, 5) is 10.8. The van der Waals surface area contributed by atoms with Crippen molar-refractivity contribution in [2.24, 2.45) is 0 Å². The normalized spacial score (nSPS) is 35.6. The average molecular weight is 240 g/mol. The van der Waals surface area contributed by atoms with Gasteiger partial charge in [-0.3, -0.25) is 4.79 Å². The Balaban J connectivity index is 2.44. The third-order valence-corrected chi connectivity index (χ3v) is 2.43. The highest BCUT2D eigenvalue weighted by Crippen LogP contribution is 2.16. The number of carbonyl (C=O) groups is 1. The highest BCUT2D eigenvalue weighted by molar-refractivity contribution is 14.1. The van der Waals surface area contributed by atoms with E-state index in [1.54, 1.807) is 0 Å². The molecule has 2 nitrogen and oxygen atoms in total. The molecule has 52 valence electrons. The summed E-state index contributed by atoms with van der Waals surface area (Å²) in [5.74, 6) is 0.247. The molecule has 0 aromatic rings. The summed E-state index contributed by atoms with van der Waals surface area (Å²) >= 11 is 2.23. The van der Waals surface area contributed by atoms with Gasteiger partial charge in [-0.2, -0.15) is 0 Å². The second-order valence-electron chi connectivity index (χ2n) is 2.23. The van der Waals surface area contributed by atoms with Gasteiger partial charge < -0.3 is 4.74 Å². The molecule has 1 heterocycles. The van der Waals surface area contributed by atoms with Crippen molar-refractivity contribution in [3.8, 4) is 0 Å². The van der Waals surface area contributed by atoms with Gasteiger partial charge in [0.25, 0.3) is 0 Å². The third kappa shape index (κ3) is 1.64. The minimum Gasteiger partial charge on any atom is -0.366 e. The Morgan fingerprint density at radius 1 is 1.89 bits per heavy atom.